The van der Waals surface area contributed by atoms with Gasteiger partial charge in [0, 0.05) is 37.9 Å². The lowest BCUT2D eigenvalue weighted by Gasteiger charge is -2.38. The lowest BCUT2D eigenvalue weighted by Crippen LogP contribution is -2.45. The third kappa shape index (κ3) is 5.12. The Bertz CT molecular complexity index is 1470. The van der Waals surface area contributed by atoms with E-state index in [1.165, 1.54) is 16.6 Å². The third-order valence-electron chi connectivity index (χ3n) is 7.86. The fraction of sp³-hybridized carbons (Fsp3) is 0.414. The van der Waals surface area contributed by atoms with Crippen LogP contribution in [-0.2, 0) is 9.47 Å². The van der Waals surface area contributed by atoms with E-state index in [-0.39, 0.29) is 41.2 Å². The monoisotopic (exact) mass is 550 g/mol. The summed E-state index contributed by atoms with van der Waals surface area (Å²) in [5, 5.41) is 7.88. The number of pyridine rings is 1. The zero-order valence-electron chi connectivity index (χ0n) is 22.4. The zero-order chi connectivity index (χ0) is 27.8. The maximum atomic E-state index is 15.2. The van der Waals surface area contributed by atoms with Crippen molar-refractivity contribution in [1.82, 2.24) is 19.6 Å². The van der Waals surface area contributed by atoms with Crippen LogP contribution < -0.4 is 15.8 Å². The second-order valence-corrected chi connectivity index (χ2v) is 10.6. The number of benzene rings is 1. The molecule has 3 aromatic heterocycles. The minimum atomic E-state index is -0.762. The van der Waals surface area contributed by atoms with E-state index in [1.54, 1.807) is 37.8 Å². The van der Waals surface area contributed by atoms with E-state index >= 15 is 8.78 Å². The minimum Gasteiger partial charge on any atom is -0.488 e. The Hall–Kier alpha value is -3.67. The molecule has 1 aromatic carbocycles. The Labute approximate surface area is 230 Å². The normalized spacial score (nSPS) is 24.9. The number of hydrogen-bond donors (Lipinski definition) is 2. The molecule has 11 heteroatoms. The molecule has 4 heterocycles. The number of nitrogens with one attached hydrogen (secondary N) is 1. The minimum absolute atomic E-state index is 0.0199. The van der Waals surface area contributed by atoms with Crippen molar-refractivity contribution in [2.45, 2.75) is 50.4 Å². The van der Waals surface area contributed by atoms with Crippen LogP contribution in [0.2, 0.25) is 0 Å². The predicted molar refractivity (Wildman–Crippen MR) is 146 cm³/mol. The van der Waals surface area contributed by atoms with Crippen molar-refractivity contribution in [3.05, 3.63) is 66.1 Å². The van der Waals surface area contributed by atoms with Crippen molar-refractivity contribution in [3.63, 3.8) is 0 Å². The first-order valence-corrected chi connectivity index (χ1v) is 13.5. The number of methoxy groups -OCH3 is 1. The summed E-state index contributed by atoms with van der Waals surface area (Å²) in [4.78, 5) is 8.79. The van der Waals surface area contributed by atoms with Gasteiger partial charge in [0.1, 0.15) is 23.5 Å². The van der Waals surface area contributed by atoms with Crippen LogP contribution in [0.1, 0.15) is 37.7 Å². The maximum Gasteiger partial charge on any atom is 0.229 e. The van der Waals surface area contributed by atoms with Gasteiger partial charge in [-0.1, -0.05) is 6.92 Å². The summed E-state index contributed by atoms with van der Waals surface area (Å²) in [6.07, 6.45) is 7.32. The van der Waals surface area contributed by atoms with E-state index in [0.717, 1.165) is 24.1 Å². The number of imidazole rings is 1. The Morgan fingerprint density at radius 1 is 1.12 bits per heavy atom. The highest BCUT2D eigenvalue weighted by Gasteiger charge is 2.35. The number of fused-ring (bicyclic) bond motifs is 1. The van der Waals surface area contributed by atoms with Gasteiger partial charge in [-0.25, -0.2) is 13.8 Å². The van der Waals surface area contributed by atoms with Crippen LogP contribution in [-0.4, -0.2) is 58.2 Å². The van der Waals surface area contributed by atoms with Crippen LogP contribution in [0.4, 0.5) is 20.4 Å². The van der Waals surface area contributed by atoms with Crippen LogP contribution >= 0.6 is 0 Å². The predicted octanol–water partition coefficient (Wildman–Crippen LogP) is 4.84. The average Bonchev–Trinajstić information content (AvgIpc) is 3.58. The molecule has 1 aliphatic heterocycles. The lowest BCUT2D eigenvalue weighted by molar-refractivity contribution is 0.00984. The van der Waals surface area contributed by atoms with Gasteiger partial charge in [0.2, 0.25) is 5.95 Å². The Morgan fingerprint density at radius 2 is 1.95 bits per heavy atom. The maximum absolute atomic E-state index is 15.2. The van der Waals surface area contributed by atoms with Gasteiger partial charge in [0.15, 0.2) is 0 Å². The summed E-state index contributed by atoms with van der Waals surface area (Å²) in [7, 11) is 1.71. The number of hydrogen-bond acceptors (Lipinski definition) is 8. The van der Waals surface area contributed by atoms with E-state index in [2.05, 4.69) is 27.3 Å². The van der Waals surface area contributed by atoms with E-state index < -0.39 is 11.6 Å². The molecule has 1 saturated heterocycles. The molecule has 1 aliphatic carbocycles. The summed E-state index contributed by atoms with van der Waals surface area (Å²) >= 11 is 0. The van der Waals surface area contributed by atoms with Crippen LogP contribution in [0.15, 0.2) is 48.9 Å². The molecule has 6 rings (SSSR count). The highest BCUT2D eigenvalue weighted by atomic mass is 19.1. The number of nitrogens with two attached hydrogens (primary N) is 1. The second kappa shape index (κ2) is 11.1. The van der Waals surface area contributed by atoms with Crippen molar-refractivity contribution in [1.29, 1.82) is 0 Å². The van der Waals surface area contributed by atoms with Crippen LogP contribution in [0.3, 0.4) is 0 Å². The molecule has 0 amide bonds. The Kier molecular flexibility index (Phi) is 7.35. The molecule has 9 nitrogen and oxygen atoms in total. The summed E-state index contributed by atoms with van der Waals surface area (Å²) in [6.45, 7) is 3.13. The lowest BCUT2D eigenvalue weighted by atomic mass is 9.74. The van der Waals surface area contributed by atoms with Gasteiger partial charge < -0.3 is 25.3 Å². The zero-order valence-corrected chi connectivity index (χ0v) is 22.4. The highest BCUT2D eigenvalue weighted by Crippen LogP contribution is 2.40. The first-order valence-electron chi connectivity index (χ1n) is 13.5. The fourth-order valence-corrected chi connectivity index (χ4v) is 5.97. The van der Waals surface area contributed by atoms with Crippen molar-refractivity contribution in [2.75, 3.05) is 25.6 Å². The molecule has 1 saturated carbocycles. The van der Waals surface area contributed by atoms with E-state index in [4.69, 9.17) is 19.9 Å². The molecule has 40 heavy (non-hydrogen) atoms. The van der Waals surface area contributed by atoms with Crippen molar-refractivity contribution in [2.24, 2.45) is 11.7 Å². The standard InChI is InChI=1S/C29H32F2N6O3/c1-16-9-17(10-24(32)28(16)38-2)21-5-7-33-14-26(21)35-29-34-13-18-3-4-25(36-37(18)29)27-22(30)11-20(12-23(27)31)40-19-6-8-39-15-19/h3-5,7,11-14,16-17,19,24,28H,6,8-10,15,32H2,1-2H3,(H,34,35)/t16-,17+,19?,24+,28-/m0/s1. The fourth-order valence-electron chi connectivity index (χ4n) is 5.97. The topological polar surface area (TPSA) is 109 Å². The molecule has 0 bridgehead atoms. The van der Waals surface area contributed by atoms with Gasteiger partial charge in [-0.2, -0.15) is 9.61 Å². The first-order chi connectivity index (χ1) is 19.4. The van der Waals surface area contributed by atoms with Crippen LogP contribution in [0.25, 0.3) is 16.8 Å². The summed E-state index contributed by atoms with van der Waals surface area (Å²) < 4.78 is 48.4. The number of nitrogens with zero attached hydrogens (tertiary/aromatic N) is 4. The van der Waals surface area contributed by atoms with Gasteiger partial charge in [-0.05, 0) is 48.4 Å². The van der Waals surface area contributed by atoms with Gasteiger partial charge in [0.25, 0.3) is 0 Å². The van der Waals surface area contributed by atoms with Gasteiger partial charge in [0.05, 0.1) is 54.2 Å². The Morgan fingerprint density at radius 3 is 2.67 bits per heavy atom. The van der Waals surface area contributed by atoms with Crippen molar-refractivity contribution < 1.29 is 23.0 Å². The van der Waals surface area contributed by atoms with E-state index in [0.29, 0.717) is 37.0 Å². The quantitative estimate of drug-likeness (QED) is 0.337. The van der Waals surface area contributed by atoms with E-state index in [9.17, 15) is 0 Å². The number of anilines is 2. The van der Waals surface area contributed by atoms with Crippen LogP contribution in [0, 0.1) is 17.6 Å². The summed E-state index contributed by atoms with van der Waals surface area (Å²) in [6, 6.07) is 7.56. The first kappa shape index (κ1) is 26.5. The molecule has 0 radical (unpaired) electrons. The second-order valence-electron chi connectivity index (χ2n) is 10.6. The number of rotatable bonds is 7. The molecule has 0 spiro atoms. The number of ether oxygens (including phenoxy) is 3. The molecule has 2 fully saturated rings. The van der Waals surface area contributed by atoms with E-state index in [1.807, 2.05) is 6.07 Å². The molecule has 3 N–H and O–H groups in total. The SMILES string of the molecule is CO[C@@H]1[C@H](N)C[C@H](c2ccncc2Nc2ncc3ccc(-c4c(F)cc(OC5CCOC5)cc4F)nn23)C[C@@H]1C. The third-order valence-corrected chi connectivity index (χ3v) is 7.86. The summed E-state index contributed by atoms with van der Waals surface area (Å²) in [5.74, 6) is -0.501. The summed E-state index contributed by atoms with van der Waals surface area (Å²) in [5.41, 5.74) is 8.85. The van der Waals surface area contributed by atoms with Crippen molar-refractivity contribution >= 4 is 17.2 Å². The molecule has 5 atom stereocenters. The van der Waals surface area contributed by atoms with Gasteiger partial charge in [-0.3, -0.25) is 4.98 Å². The molecular weight excluding hydrogens is 518 g/mol. The smallest absolute Gasteiger partial charge is 0.229 e. The largest absolute Gasteiger partial charge is 0.488 e. The molecule has 2 aliphatic rings. The number of aromatic nitrogens is 4. The molecular formula is C29H32F2N6O3. The van der Waals surface area contributed by atoms with Crippen LogP contribution in [0.5, 0.6) is 5.75 Å². The highest BCUT2D eigenvalue weighted by molar-refractivity contribution is 5.66. The average molecular weight is 551 g/mol. The molecule has 1 unspecified atom stereocenters. The molecule has 210 valence electrons. The van der Waals surface area contributed by atoms with Gasteiger partial charge >= 0.3 is 0 Å². The molecule has 4 aromatic rings. The van der Waals surface area contributed by atoms with Crippen molar-refractivity contribution in [3.8, 4) is 17.0 Å². The van der Waals surface area contributed by atoms with Gasteiger partial charge in [-0.15, -0.1) is 0 Å². The Balaban J connectivity index is 1.29. The number of halogens is 2.